The number of hydrogen-bond acceptors (Lipinski definition) is 2. The van der Waals surface area contributed by atoms with Crippen LogP contribution >= 0.6 is 0 Å². The van der Waals surface area contributed by atoms with E-state index in [0.717, 1.165) is 0 Å². The Bertz CT molecular complexity index is 381. The van der Waals surface area contributed by atoms with Gasteiger partial charge < -0.3 is 10.1 Å². The van der Waals surface area contributed by atoms with Crippen LogP contribution in [0.5, 0.6) is 5.75 Å². The topological polar surface area (TPSA) is 21.3 Å². The van der Waals surface area contributed by atoms with E-state index in [2.05, 4.69) is 10.1 Å². The molecule has 0 atom stereocenters. The minimum absolute atomic E-state index is 0.0285. The maximum Gasteiger partial charge on any atom is 0.389 e. The summed E-state index contributed by atoms with van der Waals surface area (Å²) in [6, 6.07) is 6.16. The lowest BCUT2D eigenvalue weighted by atomic mass is 10.2. The van der Waals surface area contributed by atoms with Crippen molar-refractivity contribution in [2.75, 3.05) is 6.54 Å². The molecule has 0 saturated carbocycles. The van der Waals surface area contributed by atoms with Crippen LogP contribution in [-0.4, -0.2) is 19.3 Å². The predicted molar refractivity (Wildman–Crippen MR) is 60.1 cm³/mol. The first-order valence-electron chi connectivity index (χ1n) is 5.68. The van der Waals surface area contributed by atoms with Crippen LogP contribution in [0.4, 0.5) is 22.0 Å². The number of benzene rings is 1. The smallest absolute Gasteiger partial charge is 0.389 e. The zero-order valence-corrected chi connectivity index (χ0v) is 10.0. The highest BCUT2D eigenvalue weighted by molar-refractivity contribution is 5.33. The van der Waals surface area contributed by atoms with Gasteiger partial charge in [0.05, 0.1) is 0 Å². The summed E-state index contributed by atoms with van der Waals surface area (Å²) in [5, 5.41) is 2.76. The standard InChI is InChI=1S/C12H14F5NO/c13-11(14)19-10-5-2-1-4-9(10)8-18-7-3-6-12(15,16)17/h1-2,4-5,11,18H,3,6-8H2. The second-order valence-electron chi connectivity index (χ2n) is 3.88. The van der Waals surface area contributed by atoms with E-state index in [9.17, 15) is 22.0 Å². The first-order chi connectivity index (χ1) is 8.88. The predicted octanol–water partition coefficient (Wildman–Crippen LogP) is 3.72. The van der Waals surface area contributed by atoms with E-state index in [0.29, 0.717) is 5.56 Å². The summed E-state index contributed by atoms with van der Waals surface area (Å²) >= 11 is 0. The van der Waals surface area contributed by atoms with Gasteiger partial charge in [-0.3, -0.25) is 0 Å². The number of ether oxygens (including phenoxy) is 1. The third-order valence-electron chi connectivity index (χ3n) is 2.32. The summed E-state index contributed by atoms with van der Waals surface area (Å²) in [6.07, 6.45) is -5.09. The van der Waals surface area contributed by atoms with Crippen LogP contribution in [-0.2, 0) is 6.54 Å². The molecule has 1 aromatic rings. The van der Waals surface area contributed by atoms with Gasteiger partial charge in [-0.05, 0) is 19.0 Å². The molecule has 0 bridgehead atoms. The van der Waals surface area contributed by atoms with Gasteiger partial charge in [0, 0.05) is 18.5 Å². The van der Waals surface area contributed by atoms with E-state index in [1.165, 1.54) is 6.07 Å². The van der Waals surface area contributed by atoms with Crippen molar-refractivity contribution in [3.63, 3.8) is 0 Å². The van der Waals surface area contributed by atoms with Crippen molar-refractivity contribution in [2.45, 2.75) is 32.2 Å². The summed E-state index contributed by atoms with van der Waals surface area (Å²) in [6.45, 7) is -2.59. The quantitative estimate of drug-likeness (QED) is 0.608. The fraction of sp³-hybridized carbons (Fsp3) is 0.500. The van der Waals surface area contributed by atoms with Gasteiger partial charge in [0.25, 0.3) is 0 Å². The van der Waals surface area contributed by atoms with Gasteiger partial charge in [-0.25, -0.2) is 0 Å². The van der Waals surface area contributed by atoms with Gasteiger partial charge >= 0.3 is 12.8 Å². The molecule has 0 saturated heterocycles. The molecular formula is C12H14F5NO. The van der Waals surface area contributed by atoms with Gasteiger partial charge in [0.1, 0.15) is 5.75 Å². The molecule has 0 radical (unpaired) electrons. The van der Waals surface area contributed by atoms with E-state index in [4.69, 9.17) is 0 Å². The summed E-state index contributed by atoms with van der Waals surface area (Å²) in [5.74, 6) is 0.0285. The average Bonchev–Trinajstić information content (AvgIpc) is 2.28. The maximum absolute atomic E-state index is 12.1. The minimum atomic E-state index is -4.17. The summed E-state index contributed by atoms with van der Waals surface area (Å²) in [7, 11) is 0. The van der Waals surface area contributed by atoms with E-state index in [1.807, 2.05) is 0 Å². The number of halogens is 5. The second-order valence-corrected chi connectivity index (χ2v) is 3.88. The molecule has 19 heavy (non-hydrogen) atoms. The lowest BCUT2D eigenvalue weighted by Crippen LogP contribution is -2.18. The number of alkyl halides is 5. The van der Waals surface area contributed by atoms with Crippen molar-refractivity contribution in [2.24, 2.45) is 0 Å². The molecule has 2 nitrogen and oxygen atoms in total. The number of hydrogen-bond donors (Lipinski definition) is 1. The Morgan fingerprint density at radius 2 is 1.84 bits per heavy atom. The van der Waals surface area contributed by atoms with Crippen LogP contribution in [0.15, 0.2) is 24.3 Å². The van der Waals surface area contributed by atoms with Crippen molar-refractivity contribution in [1.29, 1.82) is 0 Å². The molecule has 0 fully saturated rings. The lowest BCUT2D eigenvalue weighted by molar-refractivity contribution is -0.135. The fourth-order valence-corrected chi connectivity index (χ4v) is 1.50. The Kier molecular flexibility index (Phi) is 6.01. The van der Waals surface area contributed by atoms with Gasteiger partial charge in [0.2, 0.25) is 0 Å². The SMILES string of the molecule is FC(F)Oc1ccccc1CNCCCC(F)(F)F. The monoisotopic (exact) mass is 283 g/mol. The van der Waals surface area contributed by atoms with Crippen molar-refractivity contribution < 1.29 is 26.7 Å². The molecule has 1 aromatic carbocycles. The maximum atomic E-state index is 12.1. The second kappa shape index (κ2) is 7.28. The summed E-state index contributed by atoms with van der Waals surface area (Å²) in [5.41, 5.74) is 0.481. The number of para-hydroxylation sites is 1. The Morgan fingerprint density at radius 3 is 2.47 bits per heavy atom. The largest absolute Gasteiger partial charge is 0.434 e. The molecule has 0 aliphatic heterocycles. The van der Waals surface area contributed by atoms with Crippen molar-refractivity contribution >= 4 is 0 Å². The Morgan fingerprint density at radius 1 is 1.16 bits per heavy atom. The summed E-state index contributed by atoms with van der Waals surface area (Å²) < 4.78 is 64.2. The normalized spacial score (nSPS) is 11.9. The Balaban J connectivity index is 2.36. The first kappa shape index (κ1) is 15.7. The average molecular weight is 283 g/mol. The number of nitrogens with one attached hydrogen (secondary N) is 1. The molecule has 1 N–H and O–H groups in total. The van der Waals surface area contributed by atoms with Crippen LogP contribution < -0.4 is 10.1 Å². The molecule has 7 heteroatoms. The van der Waals surface area contributed by atoms with Crippen LogP contribution in [0.25, 0.3) is 0 Å². The van der Waals surface area contributed by atoms with Crippen LogP contribution in [0, 0.1) is 0 Å². The molecule has 1 rings (SSSR count). The highest BCUT2D eigenvalue weighted by Gasteiger charge is 2.25. The number of rotatable bonds is 7. The fourth-order valence-electron chi connectivity index (χ4n) is 1.50. The van der Waals surface area contributed by atoms with Gasteiger partial charge in [-0.15, -0.1) is 0 Å². The Labute approximate surface area is 107 Å². The molecule has 0 aliphatic rings. The van der Waals surface area contributed by atoms with Crippen LogP contribution in [0.2, 0.25) is 0 Å². The molecular weight excluding hydrogens is 269 g/mol. The van der Waals surface area contributed by atoms with Crippen LogP contribution in [0.1, 0.15) is 18.4 Å². The third kappa shape index (κ3) is 6.95. The highest BCUT2D eigenvalue weighted by atomic mass is 19.4. The zero-order valence-electron chi connectivity index (χ0n) is 10.0. The van der Waals surface area contributed by atoms with E-state index >= 15 is 0 Å². The van der Waals surface area contributed by atoms with E-state index < -0.39 is 19.2 Å². The van der Waals surface area contributed by atoms with E-state index in [-0.39, 0.29) is 25.3 Å². The van der Waals surface area contributed by atoms with Crippen molar-refractivity contribution in [3.05, 3.63) is 29.8 Å². The molecule has 0 aliphatic carbocycles. The van der Waals surface area contributed by atoms with Crippen molar-refractivity contribution in [3.8, 4) is 5.75 Å². The van der Waals surface area contributed by atoms with Crippen molar-refractivity contribution in [1.82, 2.24) is 5.32 Å². The highest BCUT2D eigenvalue weighted by Crippen LogP contribution is 2.21. The van der Waals surface area contributed by atoms with Gasteiger partial charge in [-0.1, -0.05) is 18.2 Å². The van der Waals surface area contributed by atoms with Crippen LogP contribution in [0.3, 0.4) is 0 Å². The van der Waals surface area contributed by atoms with Gasteiger partial charge in [-0.2, -0.15) is 22.0 Å². The molecule has 0 heterocycles. The minimum Gasteiger partial charge on any atom is -0.434 e. The molecule has 0 amide bonds. The lowest BCUT2D eigenvalue weighted by Gasteiger charge is -2.11. The third-order valence-corrected chi connectivity index (χ3v) is 2.32. The zero-order chi connectivity index (χ0) is 14.3. The van der Waals surface area contributed by atoms with E-state index in [1.54, 1.807) is 18.2 Å². The molecule has 0 unspecified atom stereocenters. The molecule has 0 spiro atoms. The first-order valence-corrected chi connectivity index (χ1v) is 5.68. The molecule has 0 aromatic heterocycles. The Hall–Kier alpha value is -1.37. The van der Waals surface area contributed by atoms with Gasteiger partial charge in [0.15, 0.2) is 0 Å². The summed E-state index contributed by atoms with van der Waals surface area (Å²) in [4.78, 5) is 0. The molecule has 108 valence electrons.